The topological polar surface area (TPSA) is 62.9 Å². The highest BCUT2D eigenvalue weighted by atomic mass is 16.5. The van der Waals surface area contributed by atoms with E-state index in [4.69, 9.17) is 10.6 Å². The van der Waals surface area contributed by atoms with E-state index in [0.717, 1.165) is 45.2 Å². The third-order valence-corrected chi connectivity index (χ3v) is 3.02. The Bertz CT molecular complexity index is 253. The molecule has 1 saturated heterocycles. The molecule has 0 aliphatic carbocycles. The van der Waals surface area contributed by atoms with Gasteiger partial charge in [0.05, 0.1) is 0 Å². The monoisotopic (exact) mass is 242 g/mol. The Kier molecular flexibility index (Phi) is 5.71. The second kappa shape index (κ2) is 6.81. The minimum absolute atomic E-state index is 0.364. The molecule has 0 aromatic heterocycles. The predicted octanol–water partition coefficient (Wildman–Crippen LogP) is 0.964. The summed E-state index contributed by atoms with van der Waals surface area (Å²) in [4.78, 5) is 6.71. The summed E-state index contributed by atoms with van der Waals surface area (Å²) in [5.74, 6) is 6.34. The molecule has 0 saturated carbocycles. The van der Waals surface area contributed by atoms with Crippen LogP contribution >= 0.6 is 0 Å². The van der Waals surface area contributed by atoms with Crippen LogP contribution in [0.1, 0.15) is 33.6 Å². The van der Waals surface area contributed by atoms with E-state index < -0.39 is 0 Å². The number of hydrogen-bond donors (Lipinski definition) is 2. The van der Waals surface area contributed by atoms with E-state index in [-0.39, 0.29) is 0 Å². The summed E-state index contributed by atoms with van der Waals surface area (Å²) in [7, 11) is 0. The molecule has 0 radical (unpaired) electrons. The van der Waals surface area contributed by atoms with Gasteiger partial charge in [0.25, 0.3) is 0 Å². The number of ether oxygens (including phenoxy) is 1. The first-order chi connectivity index (χ1) is 8.09. The van der Waals surface area contributed by atoms with Gasteiger partial charge in [0.2, 0.25) is 5.96 Å². The summed E-state index contributed by atoms with van der Waals surface area (Å²) in [6, 6.07) is 0. The average molecular weight is 242 g/mol. The number of hydrogen-bond acceptors (Lipinski definition) is 3. The van der Waals surface area contributed by atoms with E-state index in [2.05, 4.69) is 29.2 Å². The standard InChI is InChI=1S/C12H26N4O/c1-4-17-9-5-7-14-11(15-13)16-8-6-12(2,3)10-16/h4-10,13H2,1-3H3,(H,14,15). The fraction of sp³-hybridized carbons (Fsp3) is 0.917. The Hall–Kier alpha value is -0.810. The first-order valence-electron chi connectivity index (χ1n) is 6.43. The van der Waals surface area contributed by atoms with Gasteiger partial charge in [-0.2, -0.15) is 0 Å². The number of aliphatic imine (C=N–C) groups is 1. The molecule has 0 bridgehead atoms. The van der Waals surface area contributed by atoms with Crippen LogP contribution in [0.25, 0.3) is 0 Å². The quantitative estimate of drug-likeness (QED) is 0.248. The van der Waals surface area contributed by atoms with Gasteiger partial charge in [-0.15, -0.1) is 0 Å². The highest BCUT2D eigenvalue weighted by molar-refractivity contribution is 5.79. The molecular weight excluding hydrogens is 216 g/mol. The van der Waals surface area contributed by atoms with Gasteiger partial charge in [-0.3, -0.25) is 10.4 Å². The molecule has 1 fully saturated rings. The van der Waals surface area contributed by atoms with Gasteiger partial charge in [0, 0.05) is 32.8 Å². The second-order valence-corrected chi connectivity index (χ2v) is 5.24. The number of nitrogens with two attached hydrogens (primary N) is 1. The lowest BCUT2D eigenvalue weighted by molar-refractivity contribution is 0.146. The zero-order valence-electron chi connectivity index (χ0n) is 11.3. The van der Waals surface area contributed by atoms with Gasteiger partial charge in [-0.1, -0.05) is 13.8 Å². The summed E-state index contributed by atoms with van der Waals surface area (Å²) < 4.78 is 5.27. The van der Waals surface area contributed by atoms with Crippen LogP contribution in [-0.2, 0) is 4.74 Å². The Morgan fingerprint density at radius 2 is 2.29 bits per heavy atom. The maximum absolute atomic E-state index is 5.53. The van der Waals surface area contributed by atoms with Crippen molar-refractivity contribution in [2.24, 2.45) is 16.3 Å². The molecule has 0 amide bonds. The summed E-state index contributed by atoms with van der Waals surface area (Å²) in [5, 5.41) is 0. The molecule has 1 heterocycles. The lowest BCUT2D eigenvalue weighted by Crippen LogP contribution is -2.44. The molecule has 5 heteroatoms. The van der Waals surface area contributed by atoms with Crippen LogP contribution in [-0.4, -0.2) is 43.7 Å². The molecule has 0 aromatic rings. The second-order valence-electron chi connectivity index (χ2n) is 5.24. The van der Waals surface area contributed by atoms with E-state index in [9.17, 15) is 0 Å². The average Bonchev–Trinajstić information content (AvgIpc) is 2.64. The zero-order valence-corrected chi connectivity index (χ0v) is 11.3. The van der Waals surface area contributed by atoms with E-state index in [1.54, 1.807) is 0 Å². The Morgan fingerprint density at radius 1 is 1.53 bits per heavy atom. The van der Waals surface area contributed by atoms with Crippen molar-refractivity contribution < 1.29 is 4.74 Å². The molecular formula is C12H26N4O. The number of guanidine groups is 1. The van der Waals surface area contributed by atoms with Gasteiger partial charge in [-0.05, 0) is 25.2 Å². The molecule has 0 atom stereocenters. The number of nitrogens with one attached hydrogen (secondary N) is 1. The van der Waals surface area contributed by atoms with Crippen molar-refractivity contribution in [3.05, 3.63) is 0 Å². The molecule has 0 spiro atoms. The van der Waals surface area contributed by atoms with Gasteiger partial charge >= 0.3 is 0 Å². The van der Waals surface area contributed by atoms with Gasteiger partial charge in [-0.25, -0.2) is 5.84 Å². The summed E-state index contributed by atoms with van der Waals surface area (Å²) in [6.45, 7) is 10.9. The Labute approximate surface area is 104 Å². The minimum atomic E-state index is 0.364. The molecule has 17 heavy (non-hydrogen) atoms. The summed E-state index contributed by atoms with van der Waals surface area (Å²) in [6.07, 6.45) is 2.13. The van der Waals surface area contributed by atoms with Gasteiger partial charge < -0.3 is 9.64 Å². The molecule has 100 valence electrons. The van der Waals surface area contributed by atoms with Crippen LogP contribution in [0.3, 0.4) is 0 Å². The SMILES string of the molecule is CCOCCCN=C(NN)N1CCC(C)(C)C1. The smallest absolute Gasteiger partial charge is 0.208 e. The van der Waals surface area contributed by atoms with E-state index in [0.29, 0.717) is 5.41 Å². The van der Waals surface area contributed by atoms with Crippen molar-refractivity contribution in [2.45, 2.75) is 33.6 Å². The van der Waals surface area contributed by atoms with Crippen molar-refractivity contribution in [1.82, 2.24) is 10.3 Å². The number of hydrazine groups is 1. The molecule has 1 aliphatic rings. The first kappa shape index (κ1) is 14.3. The highest BCUT2D eigenvalue weighted by Crippen LogP contribution is 2.28. The molecule has 0 unspecified atom stereocenters. The van der Waals surface area contributed by atoms with Crippen molar-refractivity contribution in [3.8, 4) is 0 Å². The number of likely N-dealkylation sites (tertiary alicyclic amines) is 1. The van der Waals surface area contributed by atoms with Crippen LogP contribution in [0.5, 0.6) is 0 Å². The maximum Gasteiger partial charge on any atom is 0.208 e. The third-order valence-electron chi connectivity index (χ3n) is 3.02. The number of rotatable bonds is 5. The maximum atomic E-state index is 5.53. The van der Waals surface area contributed by atoms with E-state index >= 15 is 0 Å². The van der Waals surface area contributed by atoms with E-state index in [1.807, 2.05) is 6.92 Å². The molecule has 0 aromatic carbocycles. The Morgan fingerprint density at radius 3 is 2.82 bits per heavy atom. The van der Waals surface area contributed by atoms with Crippen molar-refractivity contribution in [3.63, 3.8) is 0 Å². The predicted molar refractivity (Wildman–Crippen MR) is 70.7 cm³/mol. The molecule has 1 rings (SSSR count). The normalized spacial score (nSPS) is 19.8. The molecule has 5 nitrogen and oxygen atoms in total. The third kappa shape index (κ3) is 4.91. The zero-order chi connectivity index (χ0) is 12.7. The van der Waals surface area contributed by atoms with Crippen molar-refractivity contribution in [2.75, 3.05) is 32.8 Å². The lowest BCUT2D eigenvalue weighted by Gasteiger charge is -2.22. The van der Waals surface area contributed by atoms with Gasteiger partial charge in [0.1, 0.15) is 0 Å². The largest absolute Gasteiger partial charge is 0.382 e. The van der Waals surface area contributed by atoms with E-state index in [1.165, 1.54) is 6.42 Å². The van der Waals surface area contributed by atoms with Crippen LogP contribution in [0.2, 0.25) is 0 Å². The highest BCUT2D eigenvalue weighted by Gasteiger charge is 2.30. The number of nitrogens with zero attached hydrogens (tertiary/aromatic N) is 2. The van der Waals surface area contributed by atoms with Crippen LogP contribution in [0.15, 0.2) is 4.99 Å². The first-order valence-corrected chi connectivity index (χ1v) is 6.43. The summed E-state index contributed by atoms with van der Waals surface area (Å²) >= 11 is 0. The van der Waals surface area contributed by atoms with Gasteiger partial charge in [0.15, 0.2) is 0 Å². The lowest BCUT2D eigenvalue weighted by atomic mass is 9.93. The van der Waals surface area contributed by atoms with Crippen LogP contribution < -0.4 is 11.3 Å². The van der Waals surface area contributed by atoms with Crippen molar-refractivity contribution >= 4 is 5.96 Å². The molecule has 1 aliphatic heterocycles. The van der Waals surface area contributed by atoms with Crippen molar-refractivity contribution in [1.29, 1.82) is 0 Å². The van der Waals surface area contributed by atoms with Crippen LogP contribution in [0, 0.1) is 5.41 Å². The Balaban J connectivity index is 2.35. The fourth-order valence-electron chi connectivity index (χ4n) is 2.03. The molecule has 3 N–H and O–H groups in total. The fourth-order valence-corrected chi connectivity index (χ4v) is 2.03. The minimum Gasteiger partial charge on any atom is -0.382 e. The van der Waals surface area contributed by atoms with Crippen LogP contribution in [0.4, 0.5) is 0 Å². The summed E-state index contributed by atoms with van der Waals surface area (Å²) in [5.41, 5.74) is 3.07.